The van der Waals surface area contributed by atoms with Gasteiger partial charge in [-0.05, 0) is 31.0 Å². The molecule has 0 aromatic heterocycles. The molecule has 1 fully saturated rings. The molecule has 2 amide bonds. The quantitative estimate of drug-likeness (QED) is 0.879. The smallest absolute Gasteiger partial charge is 0.253 e. The van der Waals surface area contributed by atoms with E-state index in [0.29, 0.717) is 17.7 Å². The Morgan fingerprint density at radius 2 is 1.86 bits per heavy atom. The maximum absolute atomic E-state index is 12.4. The molecule has 0 saturated heterocycles. The van der Waals surface area contributed by atoms with E-state index >= 15 is 0 Å². The van der Waals surface area contributed by atoms with E-state index in [9.17, 15) is 9.59 Å². The highest BCUT2D eigenvalue weighted by Gasteiger charge is 2.34. The molecule has 1 aliphatic carbocycles. The van der Waals surface area contributed by atoms with Crippen molar-refractivity contribution < 1.29 is 9.59 Å². The van der Waals surface area contributed by atoms with E-state index in [1.54, 1.807) is 38.4 Å². The fourth-order valence-electron chi connectivity index (χ4n) is 2.80. The van der Waals surface area contributed by atoms with Crippen LogP contribution in [-0.4, -0.2) is 42.9 Å². The van der Waals surface area contributed by atoms with Crippen molar-refractivity contribution in [1.29, 1.82) is 0 Å². The number of rotatable bonds is 4. The van der Waals surface area contributed by atoms with E-state index < -0.39 is 0 Å². The first kappa shape index (κ1) is 15.5. The zero-order valence-electron chi connectivity index (χ0n) is 12.7. The Balaban J connectivity index is 2.16. The van der Waals surface area contributed by atoms with Crippen molar-refractivity contribution in [3.63, 3.8) is 0 Å². The first-order valence-electron chi connectivity index (χ1n) is 7.32. The van der Waals surface area contributed by atoms with Crippen LogP contribution in [-0.2, 0) is 0 Å². The van der Waals surface area contributed by atoms with E-state index in [4.69, 9.17) is 5.73 Å². The Morgan fingerprint density at radius 3 is 2.43 bits per heavy atom. The topological polar surface area (TPSA) is 75.4 Å². The summed E-state index contributed by atoms with van der Waals surface area (Å²) in [7, 11) is 3.38. The van der Waals surface area contributed by atoms with Gasteiger partial charge in [-0.3, -0.25) is 9.59 Å². The molecular weight excluding hydrogens is 266 g/mol. The van der Waals surface area contributed by atoms with Crippen molar-refractivity contribution in [2.45, 2.75) is 31.2 Å². The number of nitrogens with one attached hydrogen (secondary N) is 1. The lowest BCUT2D eigenvalue weighted by Crippen LogP contribution is -2.51. The minimum absolute atomic E-state index is 0.112. The molecule has 0 heterocycles. The van der Waals surface area contributed by atoms with Crippen LogP contribution in [0.4, 0.5) is 0 Å². The van der Waals surface area contributed by atoms with Crippen LogP contribution in [0, 0.1) is 0 Å². The summed E-state index contributed by atoms with van der Waals surface area (Å²) in [4.78, 5) is 25.9. The predicted octanol–water partition coefficient (Wildman–Crippen LogP) is 1.39. The summed E-state index contributed by atoms with van der Waals surface area (Å²) in [6, 6.07) is 6.81. The third-order valence-electron chi connectivity index (χ3n) is 4.11. The number of hydrogen-bond acceptors (Lipinski definition) is 3. The number of amides is 2. The van der Waals surface area contributed by atoms with E-state index in [2.05, 4.69) is 5.32 Å². The molecule has 0 atom stereocenters. The number of carbonyl (C=O) groups excluding carboxylic acids is 2. The Morgan fingerprint density at radius 1 is 1.24 bits per heavy atom. The summed E-state index contributed by atoms with van der Waals surface area (Å²) in [5.41, 5.74) is 6.58. The molecule has 0 aliphatic heterocycles. The molecule has 5 nitrogen and oxygen atoms in total. The van der Waals surface area contributed by atoms with E-state index in [1.165, 1.54) is 4.90 Å². The molecule has 0 unspecified atom stereocenters. The molecule has 1 aromatic rings. The average molecular weight is 289 g/mol. The van der Waals surface area contributed by atoms with Gasteiger partial charge in [0.25, 0.3) is 11.8 Å². The average Bonchev–Trinajstić information content (AvgIpc) is 2.95. The lowest BCUT2D eigenvalue weighted by molar-refractivity contribution is 0.0827. The molecule has 1 aliphatic rings. The number of benzene rings is 1. The normalized spacial score (nSPS) is 16.5. The minimum atomic E-state index is -0.279. The van der Waals surface area contributed by atoms with Gasteiger partial charge in [-0.25, -0.2) is 0 Å². The summed E-state index contributed by atoms with van der Waals surface area (Å²) in [6.07, 6.45) is 4.03. The van der Waals surface area contributed by atoms with Crippen molar-refractivity contribution in [1.82, 2.24) is 10.2 Å². The molecule has 21 heavy (non-hydrogen) atoms. The summed E-state index contributed by atoms with van der Waals surface area (Å²) in [5.74, 6) is -0.269. The molecule has 0 bridgehead atoms. The van der Waals surface area contributed by atoms with Crippen molar-refractivity contribution in [2.75, 3.05) is 20.6 Å². The van der Waals surface area contributed by atoms with Crippen molar-refractivity contribution in [3.8, 4) is 0 Å². The van der Waals surface area contributed by atoms with Gasteiger partial charge >= 0.3 is 0 Å². The molecule has 114 valence electrons. The zero-order chi connectivity index (χ0) is 15.5. The Labute approximate surface area is 125 Å². The molecule has 1 saturated carbocycles. The minimum Gasteiger partial charge on any atom is -0.345 e. The Hall–Kier alpha value is -1.88. The molecular formula is C16H23N3O2. The first-order valence-corrected chi connectivity index (χ1v) is 7.32. The van der Waals surface area contributed by atoms with Crippen molar-refractivity contribution >= 4 is 11.8 Å². The fraction of sp³-hybridized carbons (Fsp3) is 0.500. The molecule has 0 spiro atoms. The van der Waals surface area contributed by atoms with E-state index in [0.717, 1.165) is 25.7 Å². The van der Waals surface area contributed by atoms with Gasteiger partial charge in [0.1, 0.15) is 0 Å². The molecule has 0 radical (unpaired) electrons. The van der Waals surface area contributed by atoms with Crippen LogP contribution in [0.1, 0.15) is 46.4 Å². The summed E-state index contributed by atoms with van der Waals surface area (Å²) < 4.78 is 0. The number of carbonyl (C=O) groups is 2. The van der Waals surface area contributed by atoms with Gasteiger partial charge in [0.2, 0.25) is 0 Å². The highest BCUT2D eigenvalue weighted by molar-refractivity contribution is 5.99. The fourth-order valence-corrected chi connectivity index (χ4v) is 2.80. The SMILES string of the molecule is CN(C)C(=O)c1cccc(C(=O)NC2(CN)CCCC2)c1. The van der Waals surface area contributed by atoms with Gasteiger partial charge < -0.3 is 16.0 Å². The monoisotopic (exact) mass is 289 g/mol. The van der Waals surface area contributed by atoms with Gasteiger partial charge in [0.15, 0.2) is 0 Å². The summed E-state index contributed by atoms with van der Waals surface area (Å²) in [6.45, 7) is 0.453. The zero-order valence-corrected chi connectivity index (χ0v) is 12.7. The second-order valence-corrected chi connectivity index (χ2v) is 5.93. The third kappa shape index (κ3) is 3.42. The van der Waals surface area contributed by atoms with Crippen molar-refractivity contribution in [3.05, 3.63) is 35.4 Å². The van der Waals surface area contributed by atoms with Crippen LogP contribution < -0.4 is 11.1 Å². The lowest BCUT2D eigenvalue weighted by atomic mass is 9.97. The second kappa shape index (κ2) is 6.26. The van der Waals surface area contributed by atoms with Crippen molar-refractivity contribution in [2.24, 2.45) is 5.73 Å². The number of hydrogen-bond donors (Lipinski definition) is 2. The third-order valence-corrected chi connectivity index (χ3v) is 4.11. The summed E-state index contributed by atoms with van der Waals surface area (Å²) in [5, 5.41) is 3.06. The molecule has 3 N–H and O–H groups in total. The largest absolute Gasteiger partial charge is 0.345 e. The van der Waals surface area contributed by atoms with Crippen LogP contribution in [0.15, 0.2) is 24.3 Å². The van der Waals surface area contributed by atoms with Gasteiger partial charge in [-0.1, -0.05) is 18.9 Å². The molecule has 1 aromatic carbocycles. The van der Waals surface area contributed by atoms with Crippen LogP contribution >= 0.6 is 0 Å². The highest BCUT2D eigenvalue weighted by Crippen LogP contribution is 2.29. The highest BCUT2D eigenvalue weighted by atomic mass is 16.2. The van der Waals surface area contributed by atoms with Gasteiger partial charge in [-0.2, -0.15) is 0 Å². The molecule has 5 heteroatoms. The van der Waals surface area contributed by atoms with Gasteiger partial charge in [0, 0.05) is 31.8 Å². The second-order valence-electron chi connectivity index (χ2n) is 5.93. The lowest BCUT2D eigenvalue weighted by Gasteiger charge is -2.28. The van der Waals surface area contributed by atoms with Crippen LogP contribution in [0.25, 0.3) is 0 Å². The Bertz CT molecular complexity index is 534. The maximum Gasteiger partial charge on any atom is 0.253 e. The number of nitrogens with two attached hydrogens (primary N) is 1. The van der Waals surface area contributed by atoms with Gasteiger partial charge in [-0.15, -0.1) is 0 Å². The summed E-state index contributed by atoms with van der Waals surface area (Å²) >= 11 is 0. The van der Waals surface area contributed by atoms with Crippen LogP contribution in [0.3, 0.4) is 0 Å². The van der Waals surface area contributed by atoms with E-state index in [-0.39, 0.29) is 17.4 Å². The van der Waals surface area contributed by atoms with Gasteiger partial charge in [0.05, 0.1) is 5.54 Å². The maximum atomic E-state index is 12.4. The molecule has 2 rings (SSSR count). The van der Waals surface area contributed by atoms with E-state index in [1.807, 2.05) is 0 Å². The Kier molecular flexibility index (Phi) is 4.63. The first-order chi connectivity index (χ1) is 9.97. The van der Waals surface area contributed by atoms with Crippen LogP contribution in [0.5, 0.6) is 0 Å². The number of nitrogens with zero attached hydrogens (tertiary/aromatic N) is 1. The van der Waals surface area contributed by atoms with Crippen LogP contribution in [0.2, 0.25) is 0 Å². The predicted molar refractivity (Wildman–Crippen MR) is 82.2 cm³/mol. The standard InChI is InChI=1S/C16H23N3O2/c1-19(2)15(21)13-7-5-6-12(10-13)14(20)18-16(11-17)8-3-4-9-16/h5-7,10H,3-4,8-9,11,17H2,1-2H3,(H,18,20).